The Labute approximate surface area is 340 Å². The summed E-state index contributed by atoms with van der Waals surface area (Å²) in [6, 6.07) is 1.53. The maximum absolute atomic E-state index is 13.8. The molecule has 3 atom stereocenters. The van der Waals surface area contributed by atoms with Crippen LogP contribution < -0.4 is 26.0 Å². The van der Waals surface area contributed by atoms with Gasteiger partial charge in [0.25, 0.3) is 11.8 Å². The van der Waals surface area contributed by atoms with Gasteiger partial charge in [0.1, 0.15) is 30.3 Å². The van der Waals surface area contributed by atoms with Crippen molar-refractivity contribution >= 4 is 53.3 Å². The predicted molar refractivity (Wildman–Crippen MR) is 199 cm³/mol. The van der Waals surface area contributed by atoms with E-state index >= 15 is 0 Å². The molecule has 4 N–H and O–H groups in total. The molecule has 6 amide bonds. The largest absolute Gasteiger partial charge is 0.514 e. The first-order chi connectivity index (χ1) is 28.0. The molecular formula is C39H44F5N5O11. The van der Waals surface area contributed by atoms with Crippen molar-refractivity contribution in [2.45, 2.75) is 97.6 Å². The highest BCUT2D eigenvalue weighted by atomic mass is 19.2. The lowest BCUT2D eigenvalue weighted by molar-refractivity contribution is -0.155. The molecular weight excluding hydrogens is 809 g/mol. The number of benzene rings is 2. The van der Waals surface area contributed by atoms with E-state index in [1.165, 1.54) is 31.2 Å². The van der Waals surface area contributed by atoms with Crippen LogP contribution in [0.2, 0.25) is 0 Å². The number of rotatable bonds is 18. The maximum atomic E-state index is 13.8. The van der Waals surface area contributed by atoms with E-state index in [9.17, 15) is 60.3 Å². The lowest BCUT2D eigenvalue weighted by Gasteiger charge is -2.25. The molecule has 326 valence electrons. The summed E-state index contributed by atoms with van der Waals surface area (Å²) in [5.41, 5.74) is -0.514. The first-order valence-electron chi connectivity index (χ1n) is 18.4. The second-order valence-corrected chi connectivity index (χ2v) is 14.8. The Balaban J connectivity index is 1.64. The molecule has 3 rings (SSSR count). The van der Waals surface area contributed by atoms with Crippen LogP contribution in [0.1, 0.15) is 72.8 Å². The third-order valence-electron chi connectivity index (χ3n) is 8.20. The minimum absolute atomic E-state index is 0.0980. The van der Waals surface area contributed by atoms with Crippen LogP contribution in [-0.4, -0.2) is 82.7 Å². The number of halogens is 5. The molecule has 0 fully saturated rings. The highest BCUT2D eigenvalue weighted by Crippen LogP contribution is 2.29. The van der Waals surface area contributed by atoms with Gasteiger partial charge in [-0.15, -0.1) is 0 Å². The monoisotopic (exact) mass is 853 g/mol. The molecule has 16 nitrogen and oxygen atoms in total. The molecule has 1 heterocycles. The van der Waals surface area contributed by atoms with Crippen molar-refractivity contribution in [3.05, 3.63) is 71.1 Å². The van der Waals surface area contributed by atoms with Crippen molar-refractivity contribution < 1.29 is 74.5 Å². The summed E-state index contributed by atoms with van der Waals surface area (Å²) in [5, 5.41) is 10.1. The Bertz CT molecular complexity index is 1970. The van der Waals surface area contributed by atoms with Gasteiger partial charge in [0.2, 0.25) is 58.5 Å². The van der Waals surface area contributed by atoms with Gasteiger partial charge in [-0.1, -0.05) is 26.0 Å². The number of hydrogen-bond donors (Lipinski definition) is 4. The predicted octanol–water partition coefficient (Wildman–Crippen LogP) is 3.99. The Morgan fingerprint density at radius 3 is 1.83 bits per heavy atom. The molecule has 0 saturated heterocycles. The number of ether oxygens (including phenoxy) is 3. The standard InChI is InChI=1S/C39H44F5N5O11/c1-19(2)17-24(47-25(50)15-16-49-26(51)12-13-27(49)52)37(56)45-20(3)35(54)48-23(11-14-28(53)60-39(4,5)6)36(55)46-22-9-7-21(8-10-22)18-58-38(57)59-34-32(43)30(41)29(40)31(42)33(34)44/h7-10,12-13,19-20,23-24H,11,14-18H2,1-6H3,(H,45,56)(H,46,55)(H,47,50)(H,48,54)/t20-,23-,24+/m0/s1. The molecule has 0 unspecified atom stereocenters. The first kappa shape index (κ1) is 48.0. The lowest BCUT2D eigenvalue weighted by atomic mass is 10.0. The van der Waals surface area contributed by atoms with Gasteiger partial charge in [0, 0.05) is 37.2 Å². The molecule has 0 saturated carbocycles. The van der Waals surface area contributed by atoms with Gasteiger partial charge in [0.15, 0.2) is 0 Å². The Morgan fingerprint density at radius 1 is 0.717 bits per heavy atom. The van der Waals surface area contributed by atoms with E-state index in [1.54, 1.807) is 34.6 Å². The summed E-state index contributed by atoms with van der Waals surface area (Å²) in [5.74, 6) is -18.7. The van der Waals surface area contributed by atoms with Crippen LogP contribution in [0.15, 0.2) is 36.4 Å². The Kier molecular flexibility index (Phi) is 16.8. The van der Waals surface area contributed by atoms with E-state index < -0.39 is 113 Å². The molecule has 2 aromatic carbocycles. The molecule has 0 aliphatic carbocycles. The molecule has 21 heteroatoms. The lowest BCUT2D eigenvalue weighted by Crippen LogP contribution is -2.55. The van der Waals surface area contributed by atoms with Gasteiger partial charge in [-0.2, -0.15) is 8.78 Å². The van der Waals surface area contributed by atoms with Gasteiger partial charge in [-0.3, -0.25) is 38.5 Å². The molecule has 1 aliphatic rings. The fourth-order valence-corrected chi connectivity index (χ4v) is 5.28. The highest BCUT2D eigenvalue weighted by molar-refractivity contribution is 6.13. The number of carbonyl (C=O) groups is 8. The van der Waals surface area contributed by atoms with E-state index in [0.717, 1.165) is 17.1 Å². The minimum Gasteiger partial charge on any atom is -0.460 e. The normalized spacial score (nSPS) is 14.0. The molecule has 60 heavy (non-hydrogen) atoms. The summed E-state index contributed by atoms with van der Waals surface area (Å²) in [6.45, 7) is 8.98. The second kappa shape index (κ2) is 21.0. The van der Waals surface area contributed by atoms with Gasteiger partial charge < -0.3 is 35.5 Å². The summed E-state index contributed by atoms with van der Waals surface area (Å²) in [7, 11) is 0. The van der Waals surface area contributed by atoms with Crippen LogP contribution >= 0.6 is 0 Å². The summed E-state index contributed by atoms with van der Waals surface area (Å²) < 4.78 is 82.0. The van der Waals surface area contributed by atoms with Crippen LogP contribution in [0.3, 0.4) is 0 Å². The molecule has 2 aromatic rings. The van der Waals surface area contributed by atoms with E-state index in [1.807, 2.05) is 0 Å². The Morgan fingerprint density at radius 2 is 1.28 bits per heavy atom. The number of hydrogen-bond acceptors (Lipinski definition) is 11. The maximum Gasteiger partial charge on any atom is 0.514 e. The van der Waals surface area contributed by atoms with Crippen molar-refractivity contribution in [2.75, 3.05) is 11.9 Å². The Hall–Kier alpha value is -6.41. The van der Waals surface area contributed by atoms with Gasteiger partial charge in [0.05, 0.1) is 0 Å². The third kappa shape index (κ3) is 14.2. The third-order valence-corrected chi connectivity index (χ3v) is 8.20. The van der Waals surface area contributed by atoms with Crippen molar-refractivity contribution in [3.63, 3.8) is 0 Å². The minimum atomic E-state index is -2.45. The highest BCUT2D eigenvalue weighted by Gasteiger charge is 2.31. The number of nitrogens with one attached hydrogen (secondary N) is 4. The fraction of sp³-hybridized carbons (Fsp3) is 0.436. The number of amides is 6. The molecule has 1 aliphatic heterocycles. The summed E-state index contributed by atoms with van der Waals surface area (Å²) in [4.78, 5) is 102. The summed E-state index contributed by atoms with van der Waals surface area (Å²) >= 11 is 0. The van der Waals surface area contributed by atoms with E-state index in [4.69, 9.17) is 9.47 Å². The van der Waals surface area contributed by atoms with Gasteiger partial charge in [-0.05, 0) is 64.2 Å². The molecule has 0 aromatic heterocycles. The van der Waals surface area contributed by atoms with Crippen LogP contribution in [0.4, 0.5) is 32.4 Å². The van der Waals surface area contributed by atoms with Crippen LogP contribution in [0, 0.1) is 35.0 Å². The van der Waals surface area contributed by atoms with Crippen LogP contribution in [0.25, 0.3) is 0 Å². The van der Waals surface area contributed by atoms with Crippen molar-refractivity contribution in [1.82, 2.24) is 20.9 Å². The van der Waals surface area contributed by atoms with E-state index in [0.29, 0.717) is 0 Å². The number of esters is 1. The van der Waals surface area contributed by atoms with Crippen LogP contribution in [-0.2, 0) is 49.6 Å². The zero-order valence-corrected chi connectivity index (χ0v) is 33.3. The number of carbonyl (C=O) groups excluding carboxylic acids is 8. The average molecular weight is 854 g/mol. The number of nitrogens with zero attached hydrogens (tertiary/aromatic N) is 1. The fourth-order valence-electron chi connectivity index (χ4n) is 5.28. The molecule has 0 radical (unpaired) electrons. The molecule has 0 spiro atoms. The topological polar surface area (TPSA) is 216 Å². The number of imide groups is 1. The average Bonchev–Trinajstić information content (AvgIpc) is 3.49. The van der Waals surface area contributed by atoms with Crippen molar-refractivity contribution in [3.8, 4) is 5.75 Å². The van der Waals surface area contributed by atoms with Crippen molar-refractivity contribution in [2.24, 2.45) is 5.92 Å². The van der Waals surface area contributed by atoms with E-state index in [-0.39, 0.29) is 49.4 Å². The van der Waals surface area contributed by atoms with E-state index in [2.05, 4.69) is 26.0 Å². The zero-order valence-electron chi connectivity index (χ0n) is 33.3. The first-order valence-corrected chi connectivity index (χ1v) is 18.4. The molecule has 0 bridgehead atoms. The smallest absolute Gasteiger partial charge is 0.460 e. The summed E-state index contributed by atoms with van der Waals surface area (Å²) in [6.07, 6.45) is -0.357. The van der Waals surface area contributed by atoms with Crippen molar-refractivity contribution in [1.29, 1.82) is 0 Å². The van der Waals surface area contributed by atoms with Gasteiger partial charge in [-0.25, -0.2) is 18.0 Å². The number of anilines is 1. The second-order valence-electron chi connectivity index (χ2n) is 14.8. The quantitative estimate of drug-likeness (QED) is 0.0420. The van der Waals surface area contributed by atoms with Crippen LogP contribution in [0.5, 0.6) is 5.75 Å². The zero-order chi connectivity index (χ0) is 45.1. The van der Waals surface area contributed by atoms with Gasteiger partial charge >= 0.3 is 12.1 Å². The SMILES string of the molecule is CC(C)C[C@@H](NC(=O)CCN1C(=O)C=CC1=O)C(=O)N[C@@H](C)C(=O)N[C@@H](CCC(=O)OC(C)(C)C)C(=O)Nc1ccc(COC(=O)Oc2c(F)c(F)c(F)c(F)c2F)cc1.